The first-order chi connectivity index (χ1) is 21.6. The van der Waals surface area contributed by atoms with E-state index in [0.29, 0.717) is 27.7 Å². The highest BCUT2D eigenvalue weighted by molar-refractivity contribution is 6.42. The SMILES string of the molecule is CN(C)C(=O)C1([N+]2(CCC(CN(C)C(=O)c3cc(C#N)cc4ccccc34)c3ccc(Cl)c(Cl)c3)CCCCC2)CCNCC1. The number of benzene rings is 3. The molecule has 3 aromatic rings. The molecular formula is C36H44Cl2N5O2+. The molecule has 5 rings (SSSR count). The van der Waals surface area contributed by atoms with Gasteiger partial charge in [-0.05, 0) is 59.9 Å². The summed E-state index contributed by atoms with van der Waals surface area (Å²) in [6.07, 6.45) is 5.82. The zero-order chi connectivity index (χ0) is 32.2. The number of quaternary nitrogens is 1. The van der Waals surface area contributed by atoms with Crippen molar-refractivity contribution in [1.29, 1.82) is 5.26 Å². The van der Waals surface area contributed by atoms with Crippen LogP contribution in [0.2, 0.25) is 10.0 Å². The van der Waals surface area contributed by atoms with Crippen LogP contribution in [0.25, 0.3) is 10.8 Å². The van der Waals surface area contributed by atoms with Gasteiger partial charge in [-0.15, -0.1) is 0 Å². The lowest BCUT2D eigenvalue weighted by Crippen LogP contribution is -2.74. The van der Waals surface area contributed by atoms with Crippen LogP contribution in [0.3, 0.4) is 0 Å². The van der Waals surface area contributed by atoms with Crippen molar-refractivity contribution >= 4 is 45.8 Å². The number of amides is 2. The van der Waals surface area contributed by atoms with Crippen molar-refractivity contribution in [3.8, 4) is 6.07 Å². The molecule has 2 aliphatic rings. The second-order valence-electron chi connectivity index (χ2n) is 13.1. The number of piperidine rings is 2. The number of likely N-dealkylation sites (N-methyl/N-ethyl adjacent to an activating group) is 2. The van der Waals surface area contributed by atoms with Gasteiger partial charge < -0.3 is 19.6 Å². The normalized spacial score (nSPS) is 18.1. The summed E-state index contributed by atoms with van der Waals surface area (Å²) < 4.78 is 0.788. The molecule has 1 N–H and O–H groups in total. The van der Waals surface area contributed by atoms with Crippen LogP contribution < -0.4 is 5.32 Å². The van der Waals surface area contributed by atoms with E-state index >= 15 is 0 Å². The minimum atomic E-state index is -0.463. The van der Waals surface area contributed by atoms with Crippen molar-refractivity contribution in [3.63, 3.8) is 0 Å². The molecule has 2 aliphatic heterocycles. The molecular weight excluding hydrogens is 605 g/mol. The Hall–Kier alpha value is -3.15. The first-order valence-electron chi connectivity index (χ1n) is 16.0. The van der Waals surface area contributed by atoms with Crippen LogP contribution in [0, 0.1) is 11.3 Å². The zero-order valence-electron chi connectivity index (χ0n) is 26.6. The molecule has 2 amide bonds. The molecule has 7 nitrogen and oxygen atoms in total. The lowest BCUT2D eigenvalue weighted by Gasteiger charge is -2.56. The molecule has 0 aromatic heterocycles. The molecule has 9 heteroatoms. The van der Waals surface area contributed by atoms with Crippen molar-refractivity contribution in [1.82, 2.24) is 15.1 Å². The van der Waals surface area contributed by atoms with E-state index in [1.165, 1.54) is 6.42 Å². The van der Waals surface area contributed by atoms with E-state index in [1.54, 1.807) is 15.9 Å². The Morgan fingerprint density at radius 2 is 1.69 bits per heavy atom. The number of nitrogens with one attached hydrogen (secondary N) is 1. The predicted molar refractivity (Wildman–Crippen MR) is 182 cm³/mol. The molecule has 45 heavy (non-hydrogen) atoms. The standard InChI is InChI=1S/C36H44Cl2N5O2/c1-41(2)35(45)36(14-16-40-17-15-36)43(18-7-4-8-19-43)20-13-29(27-11-12-32(37)33(38)23-27)25-42(3)34(44)31-22-26(24-39)21-28-9-5-6-10-30(28)31/h5-6,9-12,21-23,29,40H,4,7-8,13-20,25H2,1-3H3/q+1. The van der Waals surface area contributed by atoms with Gasteiger partial charge in [-0.2, -0.15) is 5.26 Å². The first-order valence-corrected chi connectivity index (χ1v) is 16.8. The molecule has 1 atom stereocenters. The van der Waals surface area contributed by atoms with Crippen LogP contribution in [0.15, 0.2) is 54.6 Å². The number of hydrogen-bond donors (Lipinski definition) is 1. The average molecular weight is 650 g/mol. The Balaban J connectivity index is 1.49. The van der Waals surface area contributed by atoms with Gasteiger partial charge in [0.1, 0.15) is 0 Å². The third-order valence-electron chi connectivity index (χ3n) is 10.2. The molecule has 0 spiro atoms. The molecule has 0 aliphatic carbocycles. The molecule has 238 valence electrons. The smallest absolute Gasteiger partial charge is 0.283 e. The number of likely N-dealkylation sites (tertiary alicyclic amines) is 1. The van der Waals surface area contributed by atoms with E-state index < -0.39 is 5.54 Å². The van der Waals surface area contributed by atoms with E-state index in [4.69, 9.17) is 23.2 Å². The number of nitriles is 1. The average Bonchev–Trinajstić information content (AvgIpc) is 3.07. The Bertz CT molecular complexity index is 1590. The molecule has 0 radical (unpaired) electrons. The number of rotatable bonds is 9. The maximum atomic E-state index is 14.1. The van der Waals surface area contributed by atoms with Crippen molar-refractivity contribution in [2.24, 2.45) is 0 Å². The van der Waals surface area contributed by atoms with Crippen molar-refractivity contribution in [2.75, 3.05) is 60.4 Å². The molecule has 2 saturated heterocycles. The maximum absolute atomic E-state index is 14.1. The third kappa shape index (κ3) is 6.71. The first kappa shape index (κ1) is 33.2. The van der Waals surface area contributed by atoms with Gasteiger partial charge in [0.15, 0.2) is 5.54 Å². The quantitative estimate of drug-likeness (QED) is 0.270. The van der Waals surface area contributed by atoms with Crippen LogP contribution in [-0.2, 0) is 4.79 Å². The molecule has 0 bridgehead atoms. The summed E-state index contributed by atoms with van der Waals surface area (Å²) in [5.74, 6) is 0.0608. The number of nitrogens with zero attached hydrogens (tertiary/aromatic N) is 4. The Morgan fingerprint density at radius 3 is 2.36 bits per heavy atom. The lowest BCUT2D eigenvalue weighted by atomic mass is 9.79. The summed E-state index contributed by atoms with van der Waals surface area (Å²) in [5.41, 5.74) is 1.54. The highest BCUT2D eigenvalue weighted by atomic mass is 35.5. The van der Waals surface area contributed by atoms with E-state index in [9.17, 15) is 14.9 Å². The number of carbonyl (C=O) groups is 2. The summed E-state index contributed by atoms with van der Waals surface area (Å²) in [4.78, 5) is 31.7. The molecule has 3 aromatic carbocycles. The minimum Gasteiger partial charge on any atom is -0.343 e. The zero-order valence-corrected chi connectivity index (χ0v) is 28.1. The fourth-order valence-electron chi connectivity index (χ4n) is 7.83. The summed E-state index contributed by atoms with van der Waals surface area (Å²) >= 11 is 12.9. The summed E-state index contributed by atoms with van der Waals surface area (Å²) in [7, 11) is 5.60. The van der Waals surface area contributed by atoms with E-state index in [2.05, 4.69) is 11.4 Å². The second-order valence-corrected chi connectivity index (χ2v) is 13.9. The van der Waals surface area contributed by atoms with Gasteiger partial charge in [0.25, 0.3) is 11.8 Å². The van der Waals surface area contributed by atoms with E-state index in [0.717, 1.165) is 85.6 Å². The minimum absolute atomic E-state index is 0.0377. The van der Waals surface area contributed by atoms with Crippen LogP contribution >= 0.6 is 23.2 Å². The van der Waals surface area contributed by atoms with Gasteiger partial charge in [-0.1, -0.05) is 53.5 Å². The fraction of sp³-hybridized carbons (Fsp3) is 0.472. The molecule has 2 fully saturated rings. The number of fused-ring (bicyclic) bond motifs is 1. The molecule has 2 heterocycles. The maximum Gasteiger partial charge on any atom is 0.283 e. The Morgan fingerprint density at radius 1 is 0.978 bits per heavy atom. The third-order valence-corrected chi connectivity index (χ3v) is 10.9. The van der Waals surface area contributed by atoms with Gasteiger partial charge >= 0.3 is 0 Å². The van der Waals surface area contributed by atoms with Gasteiger partial charge in [0.2, 0.25) is 0 Å². The van der Waals surface area contributed by atoms with Crippen molar-refractivity contribution in [2.45, 2.75) is 50.0 Å². The number of hydrogen-bond acceptors (Lipinski definition) is 4. The van der Waals surface area contributed by atoms with Gasteiger partial charge in [0, 0.05) is 71.5 Å². The molecule has 0 saturated carbocycles. The van der Waals surface area contributed by atoms with Gasteiger partial charge in [0.05, 0.1) is 41.3 Å². The van der Waals surface area contributed by atoms with Crippen LogP contribution in [0.4, 0.5) is 0 Å². The largest absolute Gasteiger partial charge is 0.343 e. The highest BCUT2D eigenvalue weighted by Gasteiger charge is 2.57. The predicted octanol–water partition coefficient (Wildman–Crippen LogP) is 6.48. The van der Waals surface area contributed by atoms with Crippen molar-refractivity contribution in [3.05, 3.63) is 81.3 Å². The van der Waals surface area contributed by atoms with Gasteiger partial charge in [-0.25, -0.2) is 0 Å². The van der Waals surface area contributed by atoms with Crippen molar-refractivity contribution < 1.29 is 14.1 Å². The van der Waals surface area contributed by atoms with Crippen LogP contribution in [0.1, 0.15) is 65.9 Å². The lowest BCUT2D eigenvalue weighted by molar-refractivity contribution is -0.972. The number of halogens is 2. The topological polar surface area (TPSA) is 76.4 Å². The van der Waals surface area contributed by atoms with E-state index in [-0.39, 0.29) is 17.7 Å². The van der Waals surface area contributed by atoms with E-state index in [1.807, 2.05) is 69.7 Å². The summed E-state index contributed by atoms with van der Waals surface area (Å²) in [6, 6.07) is 19.2. The monoisotopic (exact) mass is 648 g/mol. The Labute approximate surface area is 277 Å². The fourth-order valence-corrected chi connectivity index (χ4v) is 8.14. The van der Waals surface area contributed by atoms with Gasteiger partial charge in [-0.3, -0.25) is 9.59 Å². The summed E-state index contributed by atoms with van der Waals surface area (Å²) in [5, 5.41) is 15.8. The van der Waals surface area contributed by atoms with Crippen LogP contribution in [-0.4, -0.2) is 92.0 Å². The number of carbonyl (C=O) groups excluding carboxylic acids is 2. The molecule has 1 unspecified atom stereocenters. The highest BCUT2D eigenvalue weighted by Crippen LogP contribution is 2.41. The second kappa shape index (κ2) is 14.1. The van der Waals surface area contributed by atoms with Crippen LogP contribution in [0.5, 0.6) is 0 Å². The Kier molecular flexibility index (Phi) is 10.4. The summed E-state index contributed by atoms with van der Waals surface area (Å²) in [6.45, 7) is 4.92.